The Labute approximate surface area is 102 Å². The van der Waals surface area contributed by atoms with Crippen LogP contribution >= 0.6 is 0 Å². The fourth-order valence-corrected chi connectivity index (χ4v) is 1.70. The molecule has 2 atom stereocenters. The number of carbonyl (C=O) groups is 1. The second kappa shape index (κ2) is 5.37. The molecule has 0 saturated heterocycles. The van der Waals surface area contributed by atoms with Crippen LogP contribution < -0.4 is 5.73 Å². The highest BCUT2D eigenvalue weighted by molar-refractivity contribution is 5.82. The zero-order chi connectivity index (χ0) is 13.9. The van der Waals surface area contributed by atoms with Crippen LogP contribution in [-0.2, 0) is 11.0 Å². The molecule has 2 N–H and O–H groups in total. The van der Waals surface area contributed by atoms with Gasteiger partial charge in [0.15, 0.2) is 0 Å². The lowest BCUT2D eigenvalue weighted by Gasteiger charge is -2.18. The fraction of sp³-hybridized carbons (Fsp3) is 0.417. The van der Waals surface area contributed by atoms with E-state index in [4.69, 9.17) is 5.73 Å². The molecule has 2 nitrogen and oxygen atoms in total. The van der Waals surface area contributed by atoms with Crippen LogP contribution in [0.25, 0.3) is 0 Å². The Morgan fingerprint density at radius 2 is 2.00 bits per heavy atom. The van der Waals surface area contributed by atoms with Crippen molar-refractivity contribution in [3.8, 4) is 0 Å². The minimum Gasteiger partial charge on any atom is -0.369 e. The van der Waals surface area contributed by atoms with Gasteiger partial charge >= 0.3 is 6.18 Å². The molecule has 1 amide bonds. The molecule has 0 aromatic heterocycles. The zero-order valence-electron chi connectivity index (χ0n) is 9.67. The molecule has 0 aliphatic rings. The maximum atomic E-state index is 13.6. The maximum absolute atomic E-state index is 13.6. The first-order valence-corrected chi connectivity index (χ1v) is 5.38. The minimum absolute atomic E-state index is 0.00382. The third-order valence-electron chi connectivity index (χ3n) is 2.63. The van der Waals surface area contributed by atoms with Crippen molar-refractivity contribution in [3.63, 3.8) is 0 Å². The lowest BCUT2D eigenvalue weighted by Crippen LogP contribution is -2.29. The third-order valence-corrected chi connectivity index (χ3v) is 2.63. The van der Waals surface area contributed by atoms with Gasteiger partial charge in [-0.15, -0.1) is 0 Å². The Morgan fingerprint density at radius 1 is 1.39 bits per heavy atom. The van der Waals surface area contributed by atoms with Crippen LogP contribution in [0.2, 0.25) is 0 Å². The first kappa shape index (κ1) is 14.5. The Hall–Kier alpha value is -1.59. The Bertz CT molecular complexity index is 430. The second-order valence-corrected chi connectivity index (χ2v) is 3.93. The molecule has 1 aromatic rings. The molecule has 1 rings (SSSR count). The topological polar surface area (TPSA) is 43.1 Å². The van der Waals surface area contributed by atoms with Crippen molar-refractivity contribution in [1.29, 1.82) is 0 Å². The lowest BCUT2D eigenvalue weighted by atomic mass is 9.91. The molecule has 0 bridgehead atoms. The molecular weight excluding hydrogens is 250 g/mol. The molecule has 0 fully saturated rings. The van der Waals surface area contributed by atoms with Gasteiger partial charge in [0, 0.05) is 0 Å². The highest BCUT2D eigenvalue weighted by atomic mass is 19.4. The molecule has 2 unspecified atom stereocenters. The summed E-state index contributed by atoms with van der Waals surface area (Å²) in [6, 6.07) is 4.03. The van der Waals surface area contributed by atoms with Crippen molar-refractivity contribution in [3.05, 3.63) is 35.4 Å². The van der Waals surface area contributed by atoms with Gasteiger partial charge in [0.25, 0.3) is 0 Å². The number of benzene rings is 1. The van der Waals surface area contributed by atoms with Gasteiger partial charge in [-0.1, -0.05) is 25.1 Å². The predicted molar refractivity (Wildman–Crippen MR) is 58.6 cm³/mol. The van der Waals surface area contributed by atoms with Crippen LogP contribution in [0, 0.1) is 0 Å². The minimum atomic E-state index is -4.53. The highest BCUT2D eigenvalue weighted by Crippen LogP contribution is 2.32. The summed E-state index contributed by atoms with van der Waals surface area (Å²) in [6.45, 7) is 1.49. The van der Waals surface area contributed by atoms with E-state index in [0.717, 1.165) is 18.2 Å². The van der Waals surface area contributed by atoms with Gasteiger partial charge in [-0.25, -0.2) is 4.39 Å². The summed E-state index contributed by atoms with van der Waals surface area (Å²) >= 11 is 0. The molecule has 6 heteroatoms. The van der Waals surface area contributed by atoms with Crippen molar-refractivity contribution >= 4 is 5.91 Å². The lowest BCUT2D eigenvalue weighted by molar-refractivity contribution is -0.137. The summed E-state index contributed by atoms with van der Waals surface area (Å²) in [6.07, 6.45) is -6.12. The van der Waals surface area contributed by atoms with Crippen LogP contribution in [0.1, 0.15) is 30.4 Å². The number of rotatable bonds is 4. The van der Waals surface area contributed by atoms with Gasteiger partial charge in [-0.2, -0.15) is 13.2 Å². The Balaban J connectivity index is 3.18. The van der Waals surface area contributed by atoms with Crippen LogP contribution in [0.5, 0.6) is 0 Å². The molecule has 100 valence electrons. The van der Waals surface area contributed by atoms with Gasteiger partial charge in [0.05, 0.1) is 11.5 Å². The molecule has 18 heavy (non-hydrogen) atoms. The SMILES string of the molecule is CCC(F)C(C(N)=O)c1cccc(C(F)(F)F)c1. The summed E-state index contributed by atoms with van der Waals surface area (Å²) in [5, 5.41) is 0. The van der Waals surface area contributed by atoms with Crippen LogP contribution in [0.15, 0.2) is 24.3 Å². The predicted octanol–water partition coefficient (Wildman–Crippen LogP) is 3.02. The van der Waals surface area contributed by atoms with E-state index in [1.807, 2.05) is 0 Å². The van der Waals surface area contributed by atoms with E-state index in [2.05, 4.69) is 0 Å². The molecular formula is C12H13F4NO. The number of nitrogens with two attached hydrogens (primary N) is 1. The number of halogens is 4. The van der Waals surface area contributed by atoms with Crippen molar-refractivity contribution in [2.75, 3.05) is 0 Å². The van der Waals surface area contributed by atoms with Gasteiger partial charge in [-0.05, 0) is 18.1 Å². The smallest absolute Gasteiger partial charge is 0.369 e. The second-order valence-electron chi connectivity index (χ2n) is 3.93. The van der Waals surface area contributed by atoms with Gasteiger partial charge < -0.3 is 5.73 Å². The molecule has 0 aliphatic carbocycles. The van der Waals surface area contributed by atoms with Crippen molar-refractivity contribution < 1.29 is 22.4 Å². The largest absolute Gasteiger partial charge is 0.416 e. The molecule has 0 aliphatic heterocycles. The van der Waals surface area contributed by atoms with E-state index in [-0.39, 0.29) is 12.0 Å². The number of primary amides is 1. The molecule has 0 spiro atoms. The summed E-state index contributed by atoms with van der Waals surface area (Å²) in [5.74, 6) is -2.32. The number of hydrogen-bond acceptors (Lipinski definition) is 1. The number of alkyl halides is 4. The zero-order valence-corrected chi connectivity index (χ0v) is 9.67. The average molecular weight is 263 g/mol. The highest BCUT2D eigenvalue weighted by Gasteiger charge is 2.33. The van der Waals surface area contributed by atoms with E-state index < -0.39 is 29.7 Å². The van der Waals surface area contributed by atoms with Crippen LogP contribution in [-0.4, -0.2) is 12.1 Å². The molecule has 0 saturated carbocycles. The van der Waals surface area contributed by atoms with Crippen molar-refractivity contribution in [2.45, 2.75) is 31.6 Å². The summed E-state index contributed by atoms with van der Waals surface area (Å²) in [7, 11) is 0. The number of hydrogen-bond donors (Lipinski definition) is 1. The van der Waals surface area contributed by atoms with E-state index >= 15 is 0 Å². The summed E-state index contributed by atoms with van der Waals surface area (Å²) < 4.78 is 51.1. The monoisotopic (exact) mass is 263 g/mol. The van der Waals surface area contributed by atoms with E-state index in [1.165, 1.54) is 13.0 Å². The molecule has 0 heterocycles. The van der Waals surface area contributed by atoms with E-state index in [9.17, 15) is 22.4 Å². The number of carbonyl (C=O) groups excluding carboxylic acids is 1. The summed E-state index contributed by atoms with van der Waals surface area (Å²) in [4.78, 5) is 11.2. The first-order valence-electron chi connectivity index (χ1n) is 5.38. The standard InChI is InChI=1S/C12H13F4NO/c1-2-9(13)10(11(17)18)7-4-3-5-8(6-7)12(14,15)16/h3-6,9-10H,2H2,1H3,(H2,17,18). The van der Waals surface area contributed by atoms with E-state index in [0.29, 0.717) is 0 Å². The quantitative estimate of drug-likeness (QED) is 0.834. The Morgan fingerprint density at radius 3 is 2.44 bits per heavy atom. The Kier molecular flexibility index (Phi) is 4.32. The van der Waals surface area contributed by atoms with Crippen molar-refractivity contribution in [2.24, 2.45) is 5.73 Å². The van der Waals surface area contributed by atoms with E-state index in [1.54, 1.807) is 0 Å². The van der Waals surface area contributed by atoms with Crippen molar-refractivity contribution in [1.82, 2.24) is 0 Å². The van der Waals surface area contributed by atoms with Crippen LogP contribution in [0.4, 0.5) is 17.6 Å². The van der Waals surface area contributed by atoms with Gasteiger partial charge in [0.1, 0.15) is 6.17 Å². The fourth-order valence-electron chi connectivity index (χ4n) is 1.70. The average Bonchev–Trinajstić information content (AvgIpc) is 2.27. The van der Waals surface area contributed by atoms with Crippen LogP contribution in [0.3, 0.4) is 0 Å². The normalized spacial score (nSPS) is 15.2. The van der Waals surface area contributed by atoms with Gasteiger partial charge in [-0.3, -0.25) is 4.79 Å². The number of amides is 1. The molecule has 1 aromatic carbocycles. The van der Waals surface area contributed by atoms with Gasteiger partial charge in [0.2, 0.25) is 5.91 Å². The molecule has 0 radical (unpaired) electrons. The summed E-state index contributed by atoms with van der Waals surface area (Å²) in [5.41, 5.74) is 4.07. The first-order chi connectivity index (χ1) is 8.27. The third kappa shape index (κ3) is 3.21. The maximum Gasteiger partial charge on any atom is 0.416 e.